The van der Waals surface area contributed by atoms with Crippen molar-refractivity contribution in [2.45, 2.75) is 19.3 Å². The van der Waals surface area contributed by atoms with E-state index in [1.807, 2.05) is 41.1 Å². The molecule has 0 aliphatic rings. The highest BCUT2D eigenvalue weighted by Gasteiger charge is 2.15. The maximum atomic E-state index is 6.23. The fourth-order valence-corrected chi connectivity index (χ4v) is 3.00. The summed E-state index contributed by atoms with van der Waals surface area (Å²) >= 11 is 18.4. The van der Waals surface area contributed by atoms with E-state index in [-0.39, 0.29) is 6.10 Å². The Labute approximate surface area is 155 Å². The molecule has 0 amide bonds. The van der Waals surface area contributed by atoms with Gasteiger partial charge in [0.1, 0.15) is 6.10 Å². The van der Waals surface area contributed by atoms with Crippen molar-refractivity contribution < 1.29 is 4.74 Å². The van der Waals surface area contributed by atoms with Crippen molar-refractivity contribution in [3.63, 3.8) is 0 Å². The molecule has 0 radical (unpaired) electrons. The third-order valence-electron chi connectivity index (χ3n) is 3.67. The molecule has 6 heteroatoms. The minimum Gasteiger partial charge on any atom is -0.367 e. The molecule has 0 saturated carbocycles. The molecule has 0 N–H and O–H groups in total. The van der Waals surface area contributed by atoms with Gasteiger partial charge >= 0.3 is 0 Å². The maximum absolute atomic E-state index is 6.23. The second-order valence-corrected chi connectivity index (χ2v) is 6.56. The number of ether oxygens (including phenoxy) is 1. The van der Waals surface area contributed by atoms with Crippen LogP contribution in [0.15, 0.2) is 61.2 Å². The molecule has 1 aromatic heterocycles. The second-order valence-electron chi connectivity index (χ2n) is 5.31. The van der Waals surface area contributed by atoms with Crippen molar-refractivity contribution in [3.05, 3.63) is 87.4 Å². The highest BCUT2D eigenvalue weighted by molar-refractivity contribution is 6.35. The molecular formula is C18H15Cl3N2O. The highest BCUT2D eigenvalue weighted by Crippen LogP contribution is 2.28. The normalized spacial score (nSPS) is 12.3. The number of imidazole rings is 1. The van der Waals surface area contributed by atoms with Gasteiger partial charge < -0.3 is 9.30 Å². The van der Waals surface area contributed by atoms with Gasteiger partial charge in [-0.3, -0.25) is 0 Å². The first kappa shape index (κ1) is 17.3. The molecule has 0 fully saturated rings. The lowest BCUT2D eigenvalue weighted by molar-refractivity contribution is 0.0280. The van der Waals surface area contributed by atoms with Gasteiger partial charge in [0.2, 0.25) is 0 Å². The van der Waals surface area contributed by atoms with Crippen LogP contribution >= 0.6 is 34.8 Å². The average Bonchev–Trinajstić information content (AvgIpc) is 3.07. The molecule has 3 rings (SSSR count). The Balaban J connectivity index is 1.80. The highest BCUT2D eigenvalue weighted by atomic mass is 35.5. The van der Waals surface area contributed by atoms with E-state index in [2.05, 4.69) is 4.98 Å². The van der Waals surface area contributed by atoms with Crippen LogP contribution in [0.1, 0.15) is 17.2 Å². The molecule has 0 aliphatic carbocycles. The number of halogens is 3. The molecule has 0 unspecified atom stereocenters. The number of hydrogen-bond donors (Lipinski definition) is 0. The first-order valence-electron chi connectivity index (χ1n) is 7.39. The summed E-state index contributed by atoms with van der Waals surface area (Å²) in [7, 11) is 0. The summed E-state index contributed by atoms with van der Waals surface area (Å²) in [6, 6.07) is 13.0. The molecular weight excluding hydrogens is 367 g/mol. The Morgan fingerprint density at radius 2 is 1.71 bits per heavy atom. The predicted octanol–water partition coefficient (Wildman–Crippen LogP) is 5.80. The van der Waals surface area contributed by atoms with Gasteiger partial charge in [0, 0.05) is 33.0 Å². The van der Waals surface area contributed by atoms with Crippen LogP contribution < -0.4 is 0 Å². The van der Waals surface area contributed by atoms with Crippen LogP contribution in [0.5, 0.6) is 0 Å². The van der Waals surface area contributed by atoms with E-state index in [4.69, 9.17) is 39.5 Å². The van der Waals surface area contributed by atoms with E-state index in [0.29, 0.717) is 28.2 Å². The summed E-state index contributed by atoms with van der Waals surface area (Å²) in [5.41, 5.74) is 1.81. The first-order valence-corrected chi connectivity index (χ1v) is 8.52. The first-order chi connectivity index (χ1) is 11.6. The van der Waals surface area contributed by atoms with Crippen molar-refractivity contribution in [1.82, 2.24) is 9.55 Å². The van der Waals surface area contributed by atoms with Crippen molar-refractivity contribution in [3.8, 4) is 0 Å². The van der Waals surface area contributed by atoms with E-state index in [9.17, 15) is 0 Å². The number of rotatable bonds is 6. The summed E-state index contributed by atoms with van der Waals surface area (Å²) in [6.45, 7) is 0.949. The van der Waals surface area contributed by atoms with E-state index < -0.39 is 0 Å². The summed E-state index contributed by atoms with van der Waals surface area (Å²) in [5.74, 6) is 0. The van der Waals surface area contributed by atoms with Gasteiger partial charge in [-0.1, -0.05) is 53.0 Å². The number of nitrogens with zero attached hydrogens (tertiary/aromatic N) is 2. The van der Waals surface area contributed by atoms with Crippen LogP contribution in [0, 0.1) is 0 Å². The molecule has 0 saturated heterocycles. The zero-order chi connectivity index (χ0) is 16.9. The third-order valence-corrected chi connectivity index (χ3v) is 4.63. The predicted molar refractivity (Wildman–Crippen MR) is 97.7 cm³/mol. The molecule has 3 aromatic rings. The Bertz CT molecular complexity index is 768. The van der Waals surface area contributed by atoms with Crippen LogP contribution in [-0.2, 0) is 17.9 Å². The lowest BCUT2D eigenvalue weighted by Gasteiger charge is -2.20. The van der Waals surface area contributed by atoms with E-state index in [1.54, 1.807) is 24.7 Å². The molecule has 0 spiro atoms. The van der Waals surface area contributed by atoms with Gasteiger partial charge in [-0.05, 0) is 29.8 Å². The fraction of sp³-hybridized carbons (Fsp3) is 0.167. The molecule has 0 bridgehead atoms. The van der Waals surface area contributed by atoms with Gasteiger partial charge in [-0.15, -0.1) is 0 Å². The van der Waals surface area contributed by atoms with Crippen LogP contribution in [-0.4, -0.2) is 9.55 Å². The largest absolute Gasteiger partial charge is 0.367 e. The van der Waals surface area contributed by atoms with Crippen LogP contribution in [0.25, 0.3) is 0 Å². The minimum absolute atomic E-state index is 0.177. The number of hydrogen-bond acceptors (Lipinski definition) is 2. The zero-order valence-corrected chi connectivity index (χ0v) is 15.0. The fourth-order valence-electron chi connectivity index (χ4n) is 2.37. The Morgan fingerprint density at radius 1 is 1.00 bits per heavy atom. The average molecular weight is 382 g/mol. The van der Waals surface area contributed by atoms with Gasteiger partial charge in [-0.25, -0.2) is 4.98 Å². The van der Waals surface area contributed by atoms with Gasteiger partial charge in [0.15, 0.2) is 0 Å². The number of benzene rings is 2. The standard InChI is InChI=1S/C18H15Cl3N2O/c19-14-6-4-13(5-7-14)18(10-23-9-8-22-12-23)24-11-15-16(20)2-1-3-17(15)21/h1-9,12,18H,10-11H2/t18-/m0/s1. The van der Waals surface area contributed by atoms with E-state index in [0.717, 1.165) is 11.1 Å². The van der Waals surface area contributed by atoms with E-state index >= 15 is 0 Å². The summed E-state index contributed by atoms with van der Waals surface area (Å²) in [4.78, 5) is 4.07. The molecule has 1 heterocycles. The number of aromatic nitrogens is 2. The summed E-state index contributed by atoms with van der Waals surface area (Å²) < 4.78 is 8.09. The quantitative estimate of drug-likeness (QED) is 0.539. The summed E-state index contributed by atoms with van der Waals surface area (Å²) in [6.07, 6.45) is 5.22. The van der Waals surface area contributed by atoms with Crippen molar-refractivity contribution >= 4 is 34.8 Å². The molecule has 124 valence electrons. The topological polar surface area (TPSA) is 27.1 Å². The molecule has 2 aromatic carbocycles. The molecule has 1 atom stereocenters. The third kappa shape index (κ3) is 4.31. The minimum atomic E-state index is -0.177. The molecule has 3 nitrogen and oxygen atoms in total. The Morgan fingerprint density at radius 3 is 2.33 bits per heavy atom. The van der Waals surface area contributed by atoms with Crippen molar-refractivity contribution in [1.29, 1.82) is 0 Å². The van der Waals surface area contributed by atoms with Crippen molar-refractivity contribution in [2.24, 2.45) is 0 Å². The Hall–Kier alpha value is -1.52. The SMILES string of the molecule is Clc1ccc([C@H](Cn2ccnc2)OCc2c(Cl)cccc2Cl)cc1. The lowest BCUT2D eigenvalue weighted by atomic mass is 10.1. The van der Waals surface area contributed by atoms with Crippen molar-refractivity contribution in [2.75, 3.05) is 0 Å². The van der Waals surface area contributed by atoms with Crippen LogP contribution in [0.3, 0.4) is 0 Å². The van der Waals surface area contributed by atoms with E-state index in [1.165, 1.54) is 0 Å². The maximum Gasteiger partial charge on any atom is 0.101 e. The van der Waals surface area contributed by atoms with Crippen LogP contribution in [0.4, 0.5) is 0 Å². The monoisotopic (exact) mass is 380 g/mol. The molecule has 0 aliphatic heterocycles. The lowest BCUT2D eigenvalue weighted by Crippen LogP contribution is -2.12. The van der Waals surface area contributed by atoms with Gasteiger partial charge in [0.25, 0.3) is 0 Å². The summed E-state index contributed by atoms with van der Waals surface area (Å²) in [5, 5.41) is 1.88. The smallest absolute Gasteiger partial charge is 0.101 e. The zero-order valence-electron chi connectivity index (χ0n) is 12.7. The second kappa shape index (κ2) is 8.04. The van der Waals surface area contributed by atoms with Gasteiger partial charge in [0.05, 0.1) is 19.5 Å². The molecule has 24 heavy (non-hydrogen) atoms. The van der Waals surface area contributed by atoms with Crippen LogP contribution in [0.2, 0.25) is 15.1 Å². The van der Waals surface area contributed by atoms with Gasteiger partial charge in [-0.2, -0.15) is 0 Å². The Kier molecular flexibility index (Phi) is 5.80.